The number of hydrogen-bond acceptors (Lipinski definition) is 6. The van der Waals surface area contributed by atoms with Crippen molar-refractivity contribution in [1.82, 2.24) is 28.1 Å². The minimum absolute atomic E-state index is 0.173. The molecule has 4 bridgehead atoms. The van der Waals surface area contributed by atoms with Crippen molar-refractivity contribution >= 4 is 0 Å². The molecule has 44 heavy (non-hydrogen) atoms. The second-order valence-electron chi connectivity index (χ2n) is 12.4. The molecule has 0 aromatic carbocycles. The van der Waals surface area contributed by atoms with E-state index in [0.717, 1.165) is 129 Å². The number of hydrogen-bond donors (Lipinski definition) is 0. The van der Waals surface area contributed by atoms with Crippen molar-refractivity contribution in [2.24, 2.45) is 0 Å². The van der Waals surface area contributed by atoms with Gasteiger partial charge in [0.1, 0.15) is 0 Å². The zero-order chi connectivity index (χ0) is 31.6. The Morgan fingerprint density at radius 3 is 1.07 bits per heavy atom. The van der Waals surface area contributed by atoms with E-state index in [1.807, 2.05) is 0 Å². The van der Waals surface area contributed by atoms with Crippen molar-refractivity contribution in [3.8, 4) is 0 Å². The Kier molecular flexibility index (Phi) is 16.5. The van der Waals surface area contributed by atoms with E-state index in [9.17, 15) is 19.2 Å². The summed E-state index contributed by atoms with van der Waals surface area (Å²) in [6, 6.07) is 3.07. The Hall–Kier alpha value is -2.72. The van der Waals surface area contributed by atoms with Crippen LogP contribution in [-0.2, 0) is 26.2 Å². The van der Waals surface area contributed by atoms with Crippen LogP contribution in [0.3, 0.4) is 0 Å². The van der Waals surface area contributed by atoms with E-state index in [1.54, 1.807) is 21.5 Å². The molecule has 2 aromatic rings. The van der Waals surface area contributed by atoms with Crippen LogP contribution < -0.4 is 22.5 Å². The summed E-state index contributed by atoms with van der Waals surface area (Å²) in [7, 11) is 0. The number of fused-ring (bicyclic) bond motifs is 4. The van der Waals surface area contributed by atoms with Crippen LogP contribution in [0.2, 0.25) is 0 Å². The van der Waals surface area contributed by atoms with Gasteiger partial charge in [0.25, 0.3) is 11.1 Å². The van der Waals surface area contributed by atoms with Crippen LogP contribution >= 0.6 is 0 Å². The van der Waals surface area contributed by atoms with Gasteiger partial charge in [-0.15, -0.1) is 0 Å². The van der Waals surface area contributed by atoms with Crippen LogP contribution in [0.1, 0.15) is 104 Å². The molecule has 0 atom stereocenters. The molecule has 1 aliphatic rings. The predicted octanol–water partition coefficient (Wildman–Crippen LogP) is 4.15. The average molecular weight is 615 g/mol. The SMILES string of the molecule is CCN1CCCCCCn2c(=O)ccn(c2=O)CCCCCCN(CC)CCCCCn2c(=O)ccn(c2=O)CCCCC1. The van der Waals surface area contributed by atoms with Gasteiger partial charge in [-0.05, 0) is 90.6 Å². The van der Waals surface area contributed by atoms with Crippen LogP contribution in [0.25, 0.3) is 0 Å². The van der Waals surface area contributed by atoms with Gasteiger partial charge < -0.3 is 18.9 Å². The van der Waals surface area contributed by atoms with E-state index in [1.165, 1.54) is 21.3 Å². The van der Waals surface area contributed by atoms with Crippen LogP contribution in [-0.4, -0.2) is 67.3 Å². The fourth-order valence-corrected chi connectivity index (χ4v) is 6.23. The molecule has 0 fully saturated rings. The van der Waals surface area contributed by atoms with Crippen LogP contribution in [0, 0.1) is 0 Å². The van der Waals surface area contributed by atoms with Crippen molar-refractivity contribution in [3.05, 3.63) is 66.2 Å². The smallest absolute Gasteiger partial charge is 0.304 e. The second-order valence-corrected chi connectivity index (χ2v) is 12.4. The Balaban J connectivity index is 1.57. The molecule has 10 heteroatoms. The lowest BCUT2D eigenvalue weighted by molar-refractivity contribution is 0.272. The van der Waals surface area contributed by atoms with E-state index in [-0.39, 0.29) is 22.5 Å². The van der Waals surface area contributed by atoms with Crippen LogP contribution in [0.4, 0.5) is 0 Å². The highest BCUT2D eigenvalue weighted by atomic mass is 16.2. The summed E-state index contributed by atoms with van der Waals surface area (Å²) in [5, 5.41) is 0. The molecule has 0 saturated carbocycles. The first-order valence-electron chi connectivity index (χ1n) is 17.5. The van der Waals surface area contributed by atoms with E-state index in [2.05, 4.69) is 23.6 Å². The summed E-state index contributed by atoms with van der Waals surface area (Å²) in [4.78, 5) is 55.7. The van der Waals surface area contributed by atoms with Crippen molar-refractivity contribution in [3.63, 3.8) is 0 Å². The Bertz CT molecular complexity index is 1330. The lowest BCUT2D eigenvalue weighted by Crippen LogP contribution is -2.39. The maximum atomic E-state index is 13.0. The van der Waals surface area contributed by atoms with Gasteiger partial charge in [-0.25, -0.2) is 9.59 Å². The van der Waals surface area contributed by atoms with Gasteiger partial charge >= 0.3 is 11.4 Å². The Morgan fingerprint density at radius 1 is 0.432 bits per heavy atom. The third-order valence-corrected chi connectivity index (χ3v) is 9.13. The van der Waals surface area contributed by atoms with Gasteiger partial charge in [0.15, 0.2) is 0 Å². The molecule has 0 unspecified atom stereocenters. The lowest BCUT2D eigenvalue weighted by Gasteiger charge is -2.20. The average Bonchev–Trinajstić information content (AvgIpc) is 3.02. The van der Waals surface area contributed by atoms with E-state index in [4.69, 9.17) is 0 Å². The van der Waals surface area contributed by atoms with Crippen LogP contribution in [0.15, 0.2) is 43.7 Å². The molecule has 0 aliphatic carbocycles. The summed E-state index contributed by atoms with van der Waals surface area (Å²) in [5.41, 5.74) is -0.740. The fraction of sp³-hybridized carbons (Fsp3) is 0.765. The normalized spacial score (nSPS) is 19.3. The Morgan fingerprint density at radius 2 is 0.727 bits per heavy atom. The molecule has 1 aliphatic heterocycles. The quantitative estimate of drug-likeness (QED) is 0.505. The first-order valence-corrected chi connectivity index (χ1v) is 17.5. The minimum Gasteiger partial charge on any atom is -0.304 e. The monoisotopic (exact) mass is 614 g/mol. The van der Waals surface area contributed by atoms with Gasteiger partial charge in [0, 0.05) is 50.7 Å². The van der Waals surface area contributed by atoms with E-state index < -0.39 is 0 Å². The molecule has 0 N–H and O–H groups in total. The van der Waals surface area contributed by atoms with Gasteiger partial charge in [0.2, 0.25) is 0 Å². The first kappa shape index (κ1) is 35.8. The molecule has 248 valence electrons. The van der Waals surface area contributed by atoms with Gasteiger partial charge in [-0.3, -0.25) is 18.7 Å². The molecule has 0 spiro atoms. The fourth-order valence-electron chi connectivity index (χ4n) is 6.23. The summed E-state index contributed by atoms with van der Waals surface area (Å²) in [6.07, 6.45) is 17.5. The van der Waals surface area contributed by atoms with E-state index in [0.29, 0.717) is 26.2 Å². The topological polar surface area (TPSA) is 94.5 Å². The first-order chi connectivity index (χ1) is 21.4. The van der Waals surface area contributed by atoms with Gasteiger partial charge in [-0.1, -0.05) is 52.4 Å². The molecular formula is C34H58N6O4. The number of rotatable bonds is 2. The molecule has 3 heterocycles. The molecule has 0 saturated heterocycles. The highest BCUT2D eigenvalue weighted by Crippen LogP contribution is 2.08. The standard InChI is InChI=1S/C34H58N6O4/c1-3-35-22-12-6-8-17-27-39-31(41)19-29-37(33(39)43)25-15-7-5-11-21-36(4-2)24-14-10-18-28-40-32(42)20-30-38(34(40)44)26-16-9-13-23-35/h19-20,29-30H,3-18,21-28H2,1-2H3. The van der Waals surface area contributed by atoms with Crippen LogP contribution in [0.5, 0.6) is 0 Å². The second kappa shape index (κ2) is 20.3. The summed E-state index contributed by atoms with van der Waals surface area (Å²) in [6.45, 7) is 12.9. The van der Waals surface area contributed by atoms with Crippen molar-refractivity contribution in [2.45, 2.75) is 130 Å². The minimum atomic E-state index is -0.197. The summed E-state index contributed by atoms with van der Waals surface area (Å²) in [5.74, 6) is 0. The third-order valence-electron chi connectivity index (χ3n) is 9.13. The molecule has 3 rings (SSSR count). The maximum absolute atomic E-state index is 13.0. The summed E-state index contributed by atoms with van der Waals surface area (Å²) < 4.78 is 6.24. The number of nitrogens with zero attached hydrogens (tertiary/aromatic N) is 6. The van der Waals surface area contributed by atoms with Crippen molar-refractivity contribution in [2.75, 3.05) is 39.3 Å². The van der Waals surface area contributed by atoms with E-state index >= 15 is 0 Å². The zero-order valence-electron chi connectivity index (χ0n) is 27.6. The molecule has 2 aromatic heterocycles. The van der Waals surface area contributed by atoms with Gasteiger partial charge in [0.05, 0.1) is 0 Å². The maximum Gasteiger partial charge on any atom is 0.330 e. The highest BCUT2D eigenvalue weighted by molar-refractivity contribution is 4.87. The van der Waals surface area contributed by atoms with Crippen molar-refractivity contribution in [1.29, 1.82) is 0 Å². The number of aromatic nitrogens is 4. The molecular weight excluding hydrogens is 556 g/mol. The Labute approximate surface area is 263 Å². The molecule has 0 radical (unpaired) electrons. The lowest BCUT2D eigenvalue weighted by atomic mass is 10.1. The highest BCUT2D eigenvalue weighted by Gasteiger charge is 2.09. The zero-order valence-corrected chi connectivity index (χ0v) is 27.6. The molecule has 10 nitrogen and oxygen atoms in total. The number of aryl methyl sites for hydroxylation is 2. The predicted molar refractivity (Wildman–Crippen MR) is 179 cm³/mol. The third kappa shape index (κ3) is 12.0. The largest absolute Gasteiger partial charge is 0.330 e. The summed E-state index contributed by atoms with van der Waals surface area (Å²) >= 11 is 0. The molecule has 0 amide bonds. The van der Waals surface area contributed by atoms with Gasteiger partial charge in [-0.2, -0.15) is 0 Å². The van der Waals surface area contributed by atoms with Crippen molar-refractivity contribution < 1.29 is 0 Å².